The third-order valence-corrected chi connectivity index (χ3v) is 8.43. The van der Waals surface area contributed by atoms with E-state index in [-0.39, 0.29) is 25.2 Å². The van der Waals surface area contributed by atoms with Gasteiger partial charge in [0, 0.05) is 19.4 Å². The minimum absolute atomic E-state index is 0.0453. The minimum atomic E-state index is -0.575. The Morgan fingerprint density at radius 1 is 0.442 bits per heavy atom. The van der Waals surface area contributed by atoms with Crippen LogP contribution in [0.25, 0.3) is 0 Å². The van der Waals surface area contributed by atoms with Gasteiger partial charge >= 0.3 is 11.9 Å². The Kier molecular flexibility index (Phi) is 40.1. The molecule has 5 heteroatoms. The Morgan fingerprint density at radius 2 is 0.865 bits per heavy atom. The molecule has 296 valence electrons. The predicted molar refractivity (Wildman–Crippen MR) is 223 cm³/mol. The maximum absolute atomic E-state index is 12.6. The summed E-state index contributed by atoms with van der Waals surface area (Å²) in [5.41, 5.74) is 0. The van der Waals surface area contributed by atoms with Crippen molar-refractivity contribution in [1.29, 1.82) is 0 Å². The Bertz CT molecular complexity index is 999. The van der Waals surface area contributed by atoms with Gasteiger partial charge in [0.25, 0.3) is 0 Å². The van der Waals surface area contributed by atoms with Crippen LogP contribution in [0, 0.1) is 0 Å². The molecular weight excluding hydrogens is 645 g/mol. The molecule has 0 aliphatic rings. The second-order valence-corrected chi connectivity index (χ2v) is 13.5. The average Bonchev–Trinajstić information content (AvgIpc) is 3.14. The van der Waals surface area contributed by atoms with Gasteiger partial charge < -0.3 is 14.2 Å². The number of carbonyl (C=O) groups excluding carboxylic acids is 2. The average molecular weight is 723 g/mol. The highest BCUT2D eigenvalue weighted by molar-refractivity contribution is 5.70. The molecule has 0 radical (unpaired) electrons. The van der Waals surface area contributed by atoms with Crippen LogP contribution in [0.1, 0.15) is 175 Å². The highest BCUT2D eigenvalue weighted by atomic mass is 16.6. The molecule has 0 aromatic carbocycles. The summed E-state index contributed by atoms with van der Waals surface area (Å²) in [6.07, 6.45) is 54.5. The summed E-state index contributed by atoms with van der Waals surface area (Å²) >= 11 is 0. The Morgan fingerprint density at radius 3 is 1.38 bits per heavy atom. The SMILES string of the molecule is CC/C=C\C/C=C\C/C=C\C/C=C\CCCOCC(COC(=O)CCCCC/C=C\C/C=C\C/C=C\CC)OC(=O)CCCCCCCCCCC. The quantitative estimate of drug-likeness (QED) is 0.0363. The number of carbonyl (C=O) groups is 2. The zero-order chi connectivity index (χ0) is 37.8. The summed E-state index contributed by atoms with van der Waals surface area (Å²) in [4.78, 5) is 25.1. The molecule has 52 heavy (non-hydrogen) atoms. The fraction of sp³-hybridized carbons (Fsp3) is 0.660. The van der Waals surface area contributed by atoms with Crippen LogP contribution in [-0.4, -0.2) is 37.9 Å². The van der Waals surface area contributed by atoms with Gasteiger partial charge in [-0.2, -0.15) is 0 Å². The molecule has 0 heterocycles. The lowest BCUT2D eigenvalue weighted by Gasteiger charge is -2.18. The number of hydrogen-bond acceptors (Lipinski definition) is 5. The van der Waals surface area contributed by atoms with E-state index in [2.05, 4.69) is 106 Å². The molecule has 1 atom stereocenters. The maximum atomic E-state index is 12.6. The lowest BCUT2D eigenvalue weighted by molar-refractivity contribution is -0.163. The Hall–Kier alpha value is -2.92. The zero-order valence-corrected chi connectivity index (χ0v) is 33.8. The van der Waals surface area contributed by atoms with E-state index in [1.807, 2.05) is 0 Å². The number of allylic oxidation sites excluding steroid dienone is 14. The van der Waals surface area contributed by atoms with Crippen LogP contribution in [-0.2, 0) is 23.8 Å². The summed E-state index contributed by atoms with van der Waals surface area (Å²) in [6, 6.07) is 0. The molecule has 0 N–H and O–H groups in total. The van der Waals surface area contributed by atoms with Crippen molar-refractivity contribution in [3.63, 3.8) is 0 Å². The molecule has 5 nitrogen and oxygen atoms in total. The van der Waals surface area contributed by atoms with E-state index in [1.54, 1.807) is 0 Å². The normalized spacial score (nSPS) is 13.1. The monoisotopic (exact) mass is 723 g/mol. The van der Waals surface area contributed by atoms with Crippen molar-refractivity contribution in [2.75, 3.05) is 19.8 Å². The fourth-order valence-corrected chi connectivity index (χ4v) is 5.35. The molecule has 0 aliphatic carbocycles. The molecule has 0 aromatic heterocycles. The van der Waals surface area contributed by atoms with Gasteiger partial charge in [0.1, 0.15) is 6.61 Å². The van der Waals surface area contributed by atoms with Crippen molar-refractivity contribution in [2.45, 2.75) is 181 Å². The number of ether oxygens (including phenoxy) is 3. The Labute approximate surface area is 320 Å². The summed E-state index contributed by atoms with van der Waals surface area (Å²) < 4.78 is 17.1. The van der Waals surface area contributed by atoms with Crippen LogP contribution in [0.2, 0.25) is 0 Å². The van der Waals surface area contributed by atoms with E-state index < -0.39 is 6.10 Å². The predicted octanol–water partition coefficient (Wildman–Crippen LogP) is 13.8. The van der Waals surface area contributed by atoms with Crippen molar-refractivity contribution < 1.29 is 23.8 Å². The van der Waals surface area contributed by atoms with Gasteiger partial charge in [0.15, 0.2) is 6.10 Å². The smallest absolute Gasteiger partial charge is 0.306 e. The van der Waals surface area contributed by atoms with E-state index in [0.717, 1.165) is 103 Å². The summed E-state index contributed by atoms with van der Waals surface area (Å²) in [6.45, 7) is 7.39. The lowest BCUT2D eigenvalue weighted by atomic mass is 10.1. The highest BCUT2D eigenvalue weighted by Gasteiger charge is 2.17. The highest BCUT2D eigenvalue weighted by Crippen LogP contribution is 2.12. The van der Waals surface area contributed by atoms with Crippen LogP contribution in [0.4, 0.5) is 0 Å². The molecule has 0 amide bonds. The van der Waals surface area contributed by atoms with Crippen molar-refractivity contribution in [2.24, 2.45) is 0 Å². The molecule has 0 aromatic rings. The first-order chi connectivity index (χ1) is 25.6. The van der Waals surface area contributed by atoms with Gasteiger partial charge in [-0.1, -0.05) is 164 Å². The van der Waals surface area contributed by atoms with Gasteiger partial charge in [-0.3, -0.25) is 9.59 Å². The number of rotatable bonds is 37. The minimum Gasteiger partial charge on any atom is -0.462 e. The standard InChI is InChI=1S/C47H78O5/c1-4-7-10-13-16-19-21-23-25-27-30-33-36-39-42-50-43-45(52-47(49)41-38-35-32-28-18-15-12-9-6-3)44-51-46(48)40-37-34-31-29-26-24-22-20-17-14-11-8-5-2/h7-8,10-11,16-17,19-20,23-26,30,33,45H,4-6,9,12-15,18,21-22,27-29,31-32,34-44H2,1-3H3/b10-7-,11-8-,19-16-,20-17-,25-23-,26-24-,33-30-. The first kappa shape index (κ1) is 49.1. The van der Waals surface area contributed by atoms with Crippen LogP contribution >= 0.6 is 0 Å². The van der Waals surface area contributed by atoms with E-state index in [9.17, 15) is 9.59 Å². The molecule has 0 aliphatic heterocycles. The molecule has 0 fully saturated rings. The molecular formula is C47H78O5. The van der Waals surface area contributed by atoms with Gasteiger partial charge in [-0.05, 0) is 83.5 Å². The van der Waals surface area contributed by atoms with E-state index in [4.69, 9.17) is 14.2 Å². The molecule has 0 saturated heterocycles. The largest absolute Gasteiger partial charge is 0.462 e. The van der Waals surface area contributed by atoms with Gasteiger partial charge in [-0.15, -0.1) is 0 Å². The van der Waals surface area contributed by atoms with Gasteiger partial charge in [0.05, 0.1) is 6.61 Å². The first-order valence-electron chi connectivity index (χ1n) is 21.1. The number of esters is 2. The van der Waals surface area contributed by atoms with Crippen LogP contribution in [0.5, 0.6) is 0 Å². The van der Waals surface area contributed by atoms with Gasteiger partial charge in [0.2, 0.25) is 0 Å². The number of unbranched alkanes of at least 4 members (excludes halogenated alkanes) is 12. The summed E-state index contributed by atoms with van der Waals surface area (Å²) in [7, 11) is 0. The molecule has 0 rings (SSSR count). The van der Waals surface area contributed by atoms with Crippen molar-refractivity contribution >= 4 is 11.9 Å². The first-order valence-corrected chi connectivity index (χ1v) is 21.1. The third-order valence-electron chi connectivity index (χ3n) is 8.43. The second-order valence-electron chi connectivity index (χ2n) is 13.5. The third kappa shape index (κ3) is 39.9. The van der Waals surface area contributed by atoms with Crippen molar-refractivity contribution in [3.8, 4) is 0 Å². The van der Waals surface area contributed by atoms with Crippen LogP contribution in [0.15, 0.2) is 85.1 Å². The van der Waals surface area contributed by atoms with Crippen LogP contribution < -0.4 is 0 Å². The number of hydrogen-bond donors (Lipinski definition) is 0. The van der Waals surface area contributed by atoms with E-state index in [1.165, 1.54) is 38.5 Å². The maximum Gasteiger partial charge on any atom is 0.306 e. The van der Waals surface area contributed by atoms with Crippen molar-refractivity contribution in [1.82, 2.24) is 0 Å². The molecule has 0 saturated carbocycles. The van der Waals surface area contributed by atoms with Gasteiger partial charge in [-0.25, -0.2) is 0 Å². The van der Waals surface area contributed by atoms with E-state index >= 15 is 0 Å². The topological polar surface area (TPSA) is 61.8 Å². The summed E-state index contributed by atoms with van der Waals surface area (Å²) in [5.74, 6) is -0.471. The Balaban J connectivity index is 4.39. The second kappa shape index (κ2) is 42.5. The zero-order valence-electron chi connectivity index (χ0n) is 33.8. The molecule has 0 bridgehead atoms. The lowest BCUT2D eigenvalue weighted by Crippen LogP contribution is -2.30. The fourth-order valence-electron chi connectivity index (χ4n) is 5.35. The van der Waals surface area contributed by atoms with Crippen molar-refractivity contribution in [3.05, 3.63) is 85.1 Å². The van der Waals surface area contributed by atoms with E-state index in [0.29, 0.717) is 19.4 Å². The van der Waals surface area contributed by atoms with Crippen LogP contribution in [0.3, 0.4) is 0 Å². The summed E-state index contributed by atoms with van der Waals surface area (Å²) in [5, 5.41) is 0. The molecule has 0 spiro atoms. The molecule has 1 unspecified atom stereocenters.